The molecule has 168 valence electrons. The number of nitrogens with zero attached hydrogens (tertiary/aromatic N) is 1. The molecule has 4 nitrogen and oxygen atoms in total. The number of aryl methyl sites for hydroxylation is 2. The number of pyridine rings is 1. The molecule has 2 aromatic carbocycles. The Morgan fingerprint density at radius 2 is 1.66 bits per heavy atom. The van der Waals surface area contributed by atoms with Gasteiger partial charge in [0.05, 0.1) is 17.3 Å². The van der Waals surface area contributed by atoms with Crippen LogP contribution in [0, 0.1) is 6.92 Å². The van der Waals surface area contributed by atoms with Gasteiger partial charge >= 0.3 is 6.18 Å². The van der Waals surface area contributed by atoms with E-state index in [2.05, 4.69) is 15.6 Å². The van der Waals surface area contributed by atoms with Crippen molar-refractivity contribution in [3.8, 4) is 0 Å². The molecule has 1 amide bonds. The first-order chi connectivity index (χ1) is 15.3. The molecule has 1 heterocycles. The minimum Gasteiger partial charge on any atom is -0.358 e. The van der Waals surface area contributed by atoms with Gasteiger partial charge in [0.1, 0.15) is 6.04 Å². The number of likely N-dealkylation sites (N-methyl/N-ethyl adjacent to an activating group) is 1. The average molecular weight is 441 g/mol. The van der Waals surface area contributed by atoms with E-state index in [1.165, 1.54) is 12.1 Å². The summed E-state index contributed by atoms with van der Waals surface area (Å²) in [5.74, 6) is -0.177. The second kappa shape index (κ2) is 10.4. The van der Waals surface area contributed by atoms with E-state index in [-0.39, 0.29) is 11.9 Å². The Hall–Kier alpha value is -3.19. The van der Waals surface area contributed by atoms with Crippen LogP contribution in [0.25, 0.3) is 0 Å². The fraction of sp³-hybridized carbons (Fsp3) is 0.280. The van der Waals surface area contributed by atoms with Crippen LogP contribution in [0.2, 0.25) is 0 Å². The first-order valence-electron chi connectivity index (χ1n) is 10.4. The Bertz CT molecular complexity index is 1020. The fourth-order valence-corrected chi connectivity index (χ4v) is 3.56. The van der Waals surface area contributed by atoms with Crippen molar-refractivity contribution < 1.29 is 18.0 Å². The van der Waals surface area contributed by atoms with Crippen molar-refractivity contribution in [1.82, 2.24) is 15.6 Å². The number of benzene rings is 2. The number of alkyl halides is 3. The molecule has 0 aliphatic rings. The maximum atomic E-state index is 12.9. The van der Waals surface area contributed by atoms with Crippen LogP contribution in [0.4, 0.5) is 13.2 Å². The van der Waals surface area contributed by atoms with Crippen LogP contribution < -0.4 is 10.6 Å². The van der Waals surface area contributed by atoms with Crippen molar-refractivity contribution in [1.29, 1.82) is 0 Å². The summed E-state index contributed by atoms with van der Waals surface area (Å²) < 4.78 is 38.6. The van der Waals surface area contributed by atoms with Crippen molar-refractivity contribution in [3.05, 3.63) is 101 Å². The second-order valence-corrected chi connectivity index (χ2v) is 7.61. The molecule has 3 aromatic rings. The highest BCUT2D eigenvalue weighted by atomic mass is 19.4. The van der Waals surface area contributed by atoms with E-state index in [1.54, 1.807) is 7.05 Å². The summed E-state index contributed by atoms with van der Waals surface area (Å²) in [4.78, 5) is 17.3. The zero-order chi connectivity index (χ0) is 23.1. The molecular formula is C25H26F3N3O. The minimum absolute atomic E-state index is 0.177. The molecule has 0 unspecified atom stereocenters. The first-order valence-corrected chi connectivity index (χ1v) is 10.4. The Balaban J connectivity index is 1.84. The van der Waals surface area contributed by atoms with E-state index < -0.39 is 17.8 Å². The lowest BCUT2D eigenvalue weighted by atomic mass is 9.98. The molecule has 0 saturated heterocycles. The minimum atomic E-state index is -4.36. The smallest absolute Gasteiger partial charge is 0.358 e. The summed E-state index contributed by atoms with van der Waals surface area (Å²) in [7, 11) is 1.59. The topological polar surface area (TPSA) is 54.0 Å². The van der Waals surface area contributed by atoms with E-state index >= 15 is 0 Å². The molecule has 3 rings (SSSR count). The van der Waals surface area contributed by atoms with Gasteiger partial charge in [-0.15, -0.1) is 0 Å². The summed E-state index contributed by atoms with van der Waals surface area (Å²) in [6.45, 7) is 1.89. The van der Waals surface area contributed by atoms with Crippen LogP contribution in [0.1, 0.15) is 46.6 Å². The van der Waals surface area contributed by atoms with Crippen LogP contribution in [0.3, 0.4) is 0 Å². The first kappa shape index (κ1) is 23.5. The summed E-state index contributed by atoms with van der Waals surface area (Å²) in [6, 6.07) is 19.4. The molecule has 0 aliphatic carbocycles. The molecule has 0 aliphatic heterocycles. The molecule has 2 atom stereocenters. The van der Waals surface area contributed by atoms with Gasteiger partial charge in [-0.1, -0.05) is 48.5 Å². The van der Waals surface area contributed by atoms with E-state index in [0.717, 1.165) is 34.6 Å². The van der Waals surface area contributed by atoms with Gasteiger partial charge in [-0.05, 0) is 55.2 Å². The predicted octanol–water partition coefficient (Wildman–Crippen LogP) is 5.16. The number of hydrogen-bond donors (Lipinski definition) is 2. The molecule has 0 spiro atoms. The Kier molecular flexibility index (Phi) is 7.64. The monoisotopic (exact) mass is 441 g/mol. The van der Waals surface area contributed by atoms with Crippen molar-refractivity contribution in [2.75, 3.05) is 7.05 Å². The maximum Gasteiger partial charge on any atom is 0.416 e. The van der Waals surface area contributed by atoms with Crippen molar-refractivity contribution in [3.63, 3.8) is 0 Å². The number of rotatable bonds is 8. The quantitative estimate of drug-likeness (QED) is 0.508. The summed E-state index contributed by atoms with van der Waals surface area (Å²) >= 11 is 0. The van der Waals surface area contributed by atoms with Gasteiger partial charge in [-0.3, -0.25) is 15.1 Å². The van der Waals surface area contributed by atoms with Gasteiger partial charge in [0.25, 0.3) is 0 Å². The highest BCUT2D eigenvalue weighted by Gasteiger charge is 2.30. The SMILES string of the molecule is CNC(=O)[C@H](N[C@@H](CCc1ccc(C(F)(F)F)cc1)c1cccc(C)n1)c1ccccc1. The third kappa shape index (κ3) is 6.17. The Morgan fingerprint density at radius 3 is 2.25 bits per heavy atom. The van der Waals surface area contributed by atoms with Gasteiger partial charge in [0, 0.05) is 12.7 Å². The molecule has 0 saturated carbocycles. The van der Waals surface area contributed by atoms with E-state index in [4.69, 9.17) is 0 Å². The molecule has 0 radical (unpaired) electrons. The number of aromatic nitrogens is 1. The van der Waals surface area contributed by atoms with Crippen LogP contribution in [0.5, 0.6) is 0 Å². The molecule has 32 heavy (non-hydrogen) atoms. The highest BCUT2D eigenvalue weighted by molar-refractivity contribution is 5.83. The van der Waals surface area contributed by atoms with E-state index in [9.17, 15) is 18.0 Å². The van der Waals surface area contributed by atoms with Crippen LogP contribution in [-0.4, -0.2) is 17.9 Å². The normalized spacial score (nSPS) is 13.4. The lowest BCUT2D eigenvalue weighted by Crippen LogP contribution is -2.38. The number of carbonyl (C=O) groups is 1. The Labute approximate surface area is 185 Å². The summed E-state index contributed by atoms with van der Waals surface area (Å²) in [6.07, 6.45) is -3.27. The number of hydrogen-bond acceptors (Lipinski definition) is 3. The summed E-state index contributed by atoms with van der Waals surface area (Å²) in [5, 5.41) is 6.11. The second-order valence-electron chi connectivity index (χ2n) is 7.61. The molecular weight excluding hydrogens is 415 g/mol. The van der Waals surface area contributed by atoms with Crippen molar-refractivity contribution in [2.45, 2.75) is 38.0 Å². The number of carbonyl (C=O) groups excluding carboxylic acids is 1. The van der Waals surface area contributed by atoms with E-state index in [1.807, 2.05) is 55.5 Å². The molecule has 0 bridgehead atoms. The highest BCUT2D eigenvalue weighted by Crippen LogP contribution is 2.30. The zero-order valence-corrected chi connectivity index (χ0v) is 18.0. The molecule has 1 aromatic heterocycles. The van der Waals surface area contributed by atoms with E-state index in [0.29, 0.717) is 12.8 Å². The largest absolute Gasteiger partial charge is 0.416 e. The van der Waals surface area contributed by atoms with Crippen LogP contribution >= 0.6 is 0 Å². The molecule has 2 N–H and O–H groups in total. The molecule has 7 heteroatoms. The zero-order valence-electron chi connectivity index (χ0n) is 18.0. The Morgan fingerprint density at radius 1 is 0.969 bits per heavy atom. The van der Waals surface area contributed by atoms with Crippen LogP contribution in [-0.2, 0) is 17.4 Å². The summed E-state index contributed by atoms with van der Waals surface area (Å²) in [5.41, 5.74) is 2.56. The standard InChI is InChI=1S/C25H26F3N3O/c1-17-7-6-10-21(30-17)22(16-13-18-11-14-20(15-12-18)25(26,27)28)31-23(24(32)29-2)19-8-4-3-5-9-19/h3-12,14-15,22-23,31H,13,16H2,1-2H3,(H,29,32)/t22-,23+/m0/s1. The number of halogens is 3. The fourth-order valence-electron chi connectivity index (χ4n) is 3.56. The molecule has 0 fully saturated rings. The maximum absolute atomic E-state index is 12.9. The third-order valence-electron chi connectivity index (χ3n) is 5.28. The van der Waals surface area contributed by atoms with Gasteiger partial charge < -0.3 is 5.32 Å². The van der Waals surface area contributed by atoms with Gasteiger partial charge in [-0.2, -0.15) is 13.2 Å². The van der Waals surface area contributed by atoms with Crippen molar-refractivity contribution in [2.24, 2.45) is 0 Å². The third-order valence-corrected chi connectivity index (χ3v) is 5.28. The average Bonchev–Trinajstić information content (AvgIpc) is 2.79. The lowest BCUT2D eigenvalue weighted by molar-refractivity contribution is -0.137. The van der Waals surface area contributed by atoms with Gasteiger partial charge in [0.2, 0.25) is 5.91 Å². The predicted molar refractivity (Wildman–Crippen MR) is 118 cm³/mol. The lowest BCUT2D eigenvalue weighted by Gasteiger charge is -2.25. The van der Waals surface area contributed by atoms with Gasteiger partial charge in [0.15, 0.2) is 0 Å². The number of amides is 1. The van der Waals surface area contributed by atoms with Crippen LogP contribution in [0.15, 0.2) is 72.8 Å². The number of nitrogens with one attached hydrogen (secondary N) is 2. The van der Waals surface area contributed by atoms with Gasteiger partial charge in [-0.25, -0.2) is 0 Å². The van der Waals surface area contributed by atoms with Crippen molar-refractivity contribution >= 4 is 5.91 Å².